The second-order valence-corrected chi connectivity index (χ2v) is 4.69. The van der Waals surface area contributed by atoms with Crippen molar-refractivity contribution in [2.24, 2.45) is 0 Å². The van der Waals surface area contributed by atoms with Gasteiger partial charge in [-0.15, -0.1) is 0 Å². The van der Waals surface area contributed by atoms with Crippen molar-refractivity contribution in [1.29, 1.82) is 0 Å². The Morgan fingerprint density at radius 1 is 1.43 bits per heavy atom. The summed E-state index contributed by atoms with van der Waals surface area (Å²) in [6, 6.07) is 7.33. The number of hydrogen-bond acceptors (Lipinski definition) is 3. The van der Waals surface area contributed by atoms with Crippen LogP contribution < -0.4 is 15.4 Å². The van der Waals surface area contributed by atoms with Crippen molar-refractivity contribution in [1.82, 2.24) is 15.5 Å². The summed E-state index contributed by atoms with van der Waals surface area (Å²) in [7, 11) is 1.62. The van der Waals surface area contributed by atoms with E-state index in [1.54, 1.807) is 7.11 Å². The summed E-state index contributed by atoms with van der Waals surface area (Å²) < 4.78 is 5.22. The molecule has 1 aromatic carbocycles. The molecule has 0 saturated carbocycles. The van der Waals surface area contributed by atoms with Gasteiger partial charge in [-0.2, -0.15) is 5.10 Å². The van der Waals surface area contributed by atoms with Crippen LogP contribution >= 0.6 is 0 Å². The lowest BCUT2D eigenvalue weighted by atomic mass is 10.1. The van der Waals surface area contributed by atoms with Gasteiger partial charge in [-0.25, -0.2) is 4.79 Å². The van der Waals surface area contributed by atoms with E-state index in [-0.39, 0.29) is 6.03 Å². The number of methoxy groups -OCH3 is 1. The van der Waals surface area contributed by atoms with Gasteiger partial charge in [-0.05, 0) is 25.5 Å². The number of ether oxygens (including phenoxy) is 1. The minimum atomic E-state index is -0.231. The molecule has 2 rings (SSSR count). The second kappa shape index (κ2) is 6.78. The van der Waals surface area contributed by atoms with Crippen LogP contribution in [-0.2, 0) is 0 Å². The summed E-state index contributed by atoms with van der Waals surface area (Å²) in [4.78, 5) is 11.8. The van der Waals surface area contributed by atoms with Gasteiger partial charge >= 0.3 is 6.03 Å². The Morgan fingerprint density at radius 3 is 2.95 bits per heavy atom. The SMILES string of the molecule is CCCNC(=O)Nc1c(-c2cccc(OC)c2)n[nH]c1C. The third-order valence-corrected chi connectivity index (χ3v) is 3.06. The Kier molecular flexibility index (Phi) is 4.81. The van der Waals surface area contributed by atoms with Crippen molar-refractivity contribution in [3.8, 4) is 17.0 Å². The number of H-pyrrole nitrogens is 1. The van der Waals surface area contributed by atoms with Crippen LogP contribution in [0.25, 0.3) is 11.3 Å². The average Bonchev–Trinajstić information content (AvgIpc) is 2.86. The van der Waals surface area contributed by atoms with E-state index in [0.29, 0.717) is 17.9 Å². The molecule has 0 radical (unpaired) electrons. The molecule has 0 saturated heterocycles. The molecule has 2 amide bonds. The lowest BCUT2D eigenvalue weighted by Crippen LogP contribution is -2.29. The third kappa shape index (κ3) is 3.53. The lowest BCUT2D eigenvalue weighted by Gasteiger charge is -2.08. The molecule has 1 heterocycles. The molecule has 1 aromatic heterocycles. The summed E-state index contributed by atoms with van der Waals surface area (Å²) in [6.07, 6.45) is 0.889. The van der Waals surface area contributed by atoms with E-state index >= 15 is 0 Å². The zero-order chi connectivity index (χ0) is 15.2. The molecule has 3 N–H and O–H groups in total. The number of anilines is 1. The standard InChI is InChI=1S/C15H20N4O2/c1-4-8-16-15(20)17-13-10(2)18-19-14(13)11-6-5-7-12(9-11)21-3/h5-7,9H,4,8H2,1-3H3,(H,18,19)(H2,16,17,20). The highest BCUT2D eigenvalue weighted by Gasteiger charge is 2.15. The van der Waals surface area contributed by atoms with Crippen molar-refractivity contribution in [3.63, 3.8) is 0 Å². The Hall–Kier alpha value is -2.50. The first-order chi connectivity index (χ1) is 10.2. The van der Waals surface area contributed by atoms with Gasteiger partial charge in [-0.1, -0.05) is 19.1 Å². The molecule has 6 heteroatoms. The number of hydrogen-bond donors (Lipinski definition) is 3. The number of rotatable bonds is 5. The van der Waals surface area contributed by atoms with Gasteiger partial charge in [0.15, 0.2) is 0 Å². The molecule has 0 fully saturated rings. The van der Waals surface area contributed by atoms with Crippen LogP contribution in [0.2, 0.25) is 0 Å². The molecule has 6 nitrogen and oxygen atoms in total. The maximum atomic E-state index is 11.8. The predicted molar refractivity (Wildman–Crippen MR) is 82.6 cm³/mol. The Bertz CT molecular complexity index is 622. The zero-order valence-corrected chi connectivity index (χ0v) is 12.5. The Balaban J connectivity index is 2.26. The van der Waals surface area contributed by atoms with E-state index in [1.807, 2.05) is 38.1 Å². The van der Waals surface area contributed by atoms with E-state index < -0.39 is 0 Å². The monoisotopic (exact) mass is 288 g/mol. The lowest BCUT2D eigenvalue weighted by molar-refractivity contribution is 0.252. The van der Waals surface area contributed by atoms with E-state index in [9.17, 15) is 4.79 Å². The van der Waals surface area contributed by atoms with Gasteiger partial charge in [0.05, 0.1) is 18.5 Å². The van der Waals surface area contributed by atoms with Gasteiger partial charge in [0.2, 0.25) is 0 Å². The molecule has 21 heavy (non-hydrogen) atoms. The van der Waals surface area contributed by atoms with Crippen molar-refractivity contribution >= 4 is 11.7 Å². The quantitative estimate of drug-likeness (QED) is 0.791. The number of benzene rings is 1. The molecular formula is C15H20N4O2. The minimum Gasteiger partial charge on any atom is -0.497 e. The normalized spacial score (nSPS) is 10.2. The number of aromatic nitrogens is 2. The van der Waals surface area contributed by atoms with Crippen LogP contribution in [-0.4, -0.2) is 29.9 Å². The second-order valence-electron chi connectivity index (χ2n) is 4.69. The summed E-state index contributed by atoms with van der Waals surface area (Å²) >= 11 is 0. The van der Waals surface area contributed by atoms with E-state index in [4.69, 9.17) is 4.74 Å². The maximum Gasteiger partial charge on any atom is 0.319 e. The highest BCUT2D eigenvalue weighted by Crippen LogP contribution is 2.30. The molecule has 0 atom stereocenters. The summed E-state index contributed by atoms with van der Waals surface area (Å²) in [5.74, 6) is 0.745. The zero-order valence-electron chi connectivity index (χ0n) is 12.5. The van der Waals surface area contributed by atoms with Gasteiger partial charge < -0.3 is 15.4 Å². The molecule has 2 aromatic rings. The maximum absolute atomic E-state index is 11.8. The fourth-order valence-electron chi connectivity index (χ4n) is 1.96. The van der Waals surface area contributed by atoms with E-state index in [0.717, 1.165) is 23.4 Å². The fraction of sp³-hybridized carbons (Fsp3) is 0.333. The van der Waals surface area contributed by atoms with E-state index in [1.165, 1.54) is 0 Å². The van der Waals surface area contributed by atoms with Crippen molar-refractivity contribution in [2.75, 3.05) is 19.0 Å². The van der Waals surface area contributed by atoms with Gasteiger partial charge in [0, 0.05) is 12.1 Å². The first-order valence-corrected chi connectivity index (χ1v) is 6.90. The first kappa shape index (κ1) is 14.9. The van der Waals surface area contributed by atoms with Gasteiger partial charge in [0.25, 0.3) is 0 Å². The van der Waals surface area contributed by atoms with Crippen LogP contribution in [0.15, 0.2) is 24.3 Å². The molecule has 0 bridgehead atoms. The highest BCUT2D eigenvalue weighted by molar-refractivity contribution is 5.94. The topological polar surface area (TPSA) is 79.0 Å². The number of nitrogens with zero attached hydrogens (tertiary/aromatic N) is 1. The van der Waals surface area contributed by atoms with Crippen LogP contribution in [0.3, 0.4) is 0 Å². The molecule has 0 aliphatic heterocycles. The fourth-order valence-corrected chi connectivity index (χ4v) is 1.96. The summed E-state index contributed by atoms with van der Waals surface area (Å²) in [6.45, 7) is 4.51. The Labute approximate surface area is 123 Å². The number of aromatic amines is 1. The number of amides is 2. The van der Waals surface area contributed by atoms with E-state index in [2.05, 4.69) is 20.8 Å². The number of aryl methyl sites for hydroxylation is 1. The predicted octanol–water partition coefficient (Wildman–Crippen LogP) is 2.93. The smallest absolute Gasteiger partial charge is 0.319 e. The van der Waals surface area contributed by atoms with Crippen molar-refractivity contribution < 1.29 is 9.53 Å². The molecule has 0 aliphatic carbocycles. The molecule has 112 valence electrons. The molecule has 0 aliphatic rings. The van der Waals surface area contributed by atoms with Crippen molar-refractivity contribution in [3.05, 3.63) is 30.0 Å². The number of urea groups is 1. The summed E-state index contributed by atoms with van der Waals surface area (Å²) in [5, 5.41) is 12.8. The minimum absolute atomic E-state index is 0.231. The Morgan fingerprint density at radius 2 is 2.24 bits per heavy atom. The van der Waals surface area contributed by atoms with Crippen LogP contribution in [0.5, 0.6) is 5.75 Å². The molecule has 0 unspecified atom stereocenters. The third-order valence-electron chi connectivity index (χ3n) is 3.06. The van der Waals surface area contributed by atoms with Crippen molar-refractivity contribution in [2.45, 2.75) is 20.3 Å². The number of carbonyl (C=O) groups is 1. The van der Waals surface area contributed by atoms with Crippen LogP contribution in [0.4, 0.5) is 10.5 Å². The molecule has 0 spiro atoms. The first-order valence-electron chi connectivity index (χ1n) is 6.90. The largest absolute Gasteiger partial charge is 0.497 e. The number of carbonyl (C=O) groups excluding carboxylic acids is 1. The average molecular weight is 288 g/mol. The van der Waals surface area contributed by atoms with Crippen LogP contribution in [0, 0.1) is 6.92 Å². The van der Waals surface area contributed by atoms with Gasteiger partial charge in [-0.3, -0.25) is 5.10 Å². The summed E-state index contributed by atoms with van der Waals surface area (Å²) in [5.41, 5.74) is 3.05. The van der Waals surface area contributed by atoms with Gasteiger partial charge in [0.1, 0.15) is 11.4 Å². The van der Waals surface area contributed by atoms with Crippen LogP contribution in [0.1, 0.15) is 19.0 Å². The highest BCUT2D eigenvalue weighted by atomic mass is 16.5. The molecular weight excluding hydrogens is 268 g/mol. The number of nitrogens with one attached hydrogen (secondary N) is 3.